The monoisotopic (exact) mass is 369 g/mol. The summed E-state index contributed by atoms with van der Waals surface area (Å²) in [4.78, 5) is 24.3. The van der Waals surface area contributed by atoms with Crippen LogP contribution >= 0.6 is 0 Å². The van der Waals surface area contributed by atoms with Crippen molar-refractivity contribution in [1.82, 2.24) is 0 Å². The number of nitrogens with one attached hydrogen (secondary N) is 1. The number of esters is 1. The second-order valence-electron chi connectivity index (χ2n) is 6.25. The molecule has 2 aromatic carbocycles. The van der Waals surface area contributed by atoms with Gasteiger partial charge in [-0.15, -0.1) is 0 Å². The molecule has 0 aliphatic rings. The van der Waals surface area contributed by atoms with E-state index in [1.807, 2.05) is 18.2 Å². The van der Waals surface area contributed by atoms with Gasteiger partial charge in [0.1, 0.15) is 11.4 Å². The third kappa shape index (κ3) is 4.53. The summed E-state index contributed by atoms with van der Waals surface area (Å²) in [5.74, 6) is -1.53. The van der Waals surface area contributed by atoms with Crippen molar-refractivity contribution in [1.29, 1.82) is 0 Å². The number of ether oxygens (including phenoxy) is 1. The molecule has 0 spiro atoms. The number of furan rings is 1. The van der Waals surface area contributed by atoms with E-state index in [4.69, 9.17) is 9.15 Å². The number of hydrogen-bond acceptors (Lipinski definition) is 4. The van der Waals surface area contributed by atoms with Crippen molar-refractivity contribution in [2.75, 3.05) is 5.32 Å². The van der Waals surface area contributed by atoms with Crippen LogP contribution in [0, 0.1) is 5.82 Å². The molecule has 0 saturated carbocycles. The van der Waals surface area contributed by atoms with Crippen molar-refractivity contribution < 1.29 is 23.1 Å². The Morgan fingerprint density at radius 3 is 2.78 bits per heavy atom. The summed E-state index contributed by atoms with van der Waals surface area (Å²) in [6, 6.07) is 11.3. The number of rotatable bonds is 6. The second-order valence-corrected chi connectivity index (χ2v) is 6.25. The Bertz CT molecular complexity index is 979. The molecule has 0 unspecified atom stereocenters. The van der Waals surface area contributed by atoms with Gasteiger partial charge >= 0.3 is 5.97 Å². The van der Waals surface area contributed by atoms with Gasteiger partial charge in [-0.3, -0.25) is 9.59 Å². The quantitative estimate of drug-likeness (QED) is 0.660. The standard InChI is InChI=1S/C21H20FNO4/c1-3-14-7-8-18-15(12-26-19(18)9-14)10-20(24)27-13(2)21(25)23-17-6-4-5-16(22)11-17/h4-9,11-13H,3,10H2,1-2H3,(H,23,25)/t13-/m1/s1. The molecule has 1 atom stereocenters. The molecule has 1 heterocycles. The fraction of sp³-hybridized carbons (Fsp3) is 0.238. The minimum absolute atomic E-state index is 0.00391. The van der Waals surface area contributed by atoms with E-state index in [0.29, 0.717) is 16.8 Å². The van der Waals surface area contributed by atoms with Gasteiger partial charge < -0.3 is 14.5 Å². The lowest BCUT2D eigenvalue weighted by atomic mass is 10.1. The molecule has 3 aromatic rings. The van der Waals surface area contributed by atoms with Crippen LogP contribution in [0.5, 0.6) is 0 Å². The molecule has 5 nitrogen and oxygen atoms in total. The van der Waals surface area contributed by atoms with Crippen molar-refractivity contribution in [2.45, 2.75) is 32.8 Å². The Hall–Kier alpha value is -3.15. The van der Waals surface area contributed by atoms with E-state index in [9.17, 15) is 14.0 Å². The number of anilines is 1. The van der Waals surface area contributed by atoms with E-state index < -0.39 is 23.8 Å². The molecule has 3 rings (SSSR count). The fourth-order valence-electron chi connectivity index (χ4n) is 2.74. The number of halogens is 1. The number of aryl methyl sites for hydroxylation is 1. The predicted octanol–water partition coefficient (Wildman–Crippen LogP) is 4.25. The molecule has 0 radical (unpaired) electrons. The average Bonchev–Trinajstić information content (AvgIpc) is 3.03. The van der Waals surface area contributed by atoms with Gasteiger partial charge in [-0.2, -0.15) is 0 Å². The molecule has 0 fully saturated rings. The van der Waals surface area contributed by atoms with Gasteiger partial charge in [0.15, 0.2) is 6.10 Å². The molecular formula is C21H20FNO4. The number of hydrogen-bond donors (Lipinski definition) is 1. The summed E-state index contributed by atoms with van der Waals surface area (Å²) in [5, 5.41) is 3.36. The molecule has 27 heavy (non-hydrogen) atoms. The van der Waals surface area contributed by atoms with Crippen LogP contribution in [0.1, 0.15) is 25.0 Å². The van der Waals surface area contributed by atoms with Gasteiger partial charge in [-0.05, 0) is 43.2 Å². The Kier molecular flexibility index (Phi) is 5.54. The first kappa shape index (κ1) is 18.6. The lowest BCUT2D eigenvalue weighted by Crippen LogP contribution is -2.30. The first-order valence-corrected chi connectivity index (χ1v) is 8.71. The van der Waals surface area contributed by atoms with Gasteiger partial charge in [-0.1, -0.05) is 25.1 Å². The van der Waals surface area contributed by atoms with Crippen LogP contribution in [0.25, 0.3) is 11.0 Å². The summed E-state index contributed by atoms with van der Waals surface area (Å²) in [7, 11) is 0. The third-order valence-corrected chi connectivity index (χ3v) is 4.23. The summed E-state index contributed by atoms with van der Waals surface area (Å²) in [5.41, 5.74) is 2.87. The maximum Gasteiger partial charge on any atom is 0.311 e. The third-order valence-electron chi connectivity index (χ3n) is 4.23. The SMILES string of the molecule is CCc1ccc2c(CC(=O)O[C@H](C)C(=O)Nc3cccc(F)c3)coc2c1. The lowest BCUT2D eigenvalue weighted by molar-refractivity contribution is -0.152. The highest BCUT2D eigenvalue weighted by Crippen LogP contribution is 2.23. The fourth-order valence-corrected chi connectivity index (χ4v) is 2.74. The van der Waals surface area contributed by atoms with E-state index in [2.05, 4.69) is 12.2 Å². The lowest BCUT2D eigenvalue weighted by Gasteiger charge is -2.13. The van der Waals surface area contributed by atoms with Gasteiger partial charge in [0.2, 0.25) is 0 Å². The number of fused-ring (bicyclic) bond motifs is 1. The summed E-state index contributed by atoms with van der Waals surface area (Å²) in [6.07, 6.45) is 1.41. The van der Waals surface area contributed by atoms with E-state index >= 15 is 0 Å². The first-order valence-electron chi connectivity index (χ1n) is 8.71. The van der Waals surface area contributed by atoms with Crippen LogP contribution in [0.15, 0.2) is 53.1 Å². The molecule has 0 bridgehead atoms. The van der Waals surface area contributed by atoms with Gasteiger partial charge in [0.05, 0.1) is 12.7 Å². The van der Waals surface area contributed by atoms with Crippen molar-refractivity contribution in [3.05, 3.63) is 65.7 Å². The van der Waals surface area contributed by atoms with Crippen molar-refractivity contribution in [2.24, 2.45) is 0 Å². The zero-order valence-electron chi connectivity index (χ0n) is 15.1. The molecule has 1 N–H and O–H groups in total. The minimum atomic E-state index is -1.01. The highest BCUT2D eigenvalue weighted by Gasteiger charge is 2.19. The van der Waals surface area contributed by atoms with Crippen LogP contribution in [0.4, 0.5) is 10.1 Å². The number of carbonyl (C=O) groups is 2. The molecule has 6 heteroatoms. The van der Waals surface area contributed by atoms with Crippen molar-refractivity contribution >= 4 is 28.5 Å². The molecule has 1 aromatic heterocycles. The normalized spacial score (nSPS) is 12.0. The zero-order chi connectivity index (χ0) is 19.4. The molecule has 1 amide bonds. The molecule has 0 aliphatic carbocycles. The summed E-state index contributed by atoms with van der Waals surface area (Å²) < 4.78 is 23.9. The van der Waals surface area contributed by atoms with Crippen LogP contribution in [0.2, 0.25) is 0 Å². The Balaban J connectivity index is 1.61. The Labute approximate surface area is 156 Å². The summed E-state index contributed by atoms with van der Waals surface area (Å²) in [6.45, 7) is 3.52. The smallest absolute Gasteiger partial charge is 0.311 e. The van der Waals surface area contributed by atoms with Crippen LogP contribution in [-0.2, 0) is 27.2 Å². The highest BCUT2D eigenvalue weighted by molar-refractivity contribution is 5.95. The van der Waals surface area contributed by atoms with E-state index in [1.165, 1.54) is 31.4 Å². The van der Waals surface area contributed by atoms with Crippen LogP contribution in [-0.4, -0.2) is 18.0 Å². The van der Waals surface area contributed by atoms with E-state index in [1.54, 1.807) is 6.07 Å². The van der Waals surface area contributed by atoms with E-state index in [0.717, 1.165) is 17.4 Å². The number of amides is 1. The number of carbonyl (C=O) groups excluding carboxylic acids is 2. The Morgan fingerprint density at radius 1 is 1.22 bits per heavy atom. The van der Waals surface area contributed by atoms with Gasteiger partial charge in [0, 0.05) is 16.6 Å². The Morgan fingerprint density at radius 2 is 2.04 bits per heavy atom. The predicted molar refractivity (Wildman–Crippen MR) is 99.9 cm³/mol. The largest absolute Gasteiger partial charge is 0.464 e. The topological polar surface area (TPSA) is 68.5 Å². The maximum atomic E-state index is 13.2. The first-order chi connectivity index (χ1) is 13.0. The zero-order valence-corrected chi connectivity index (χ0v) is 15.1. The maximum absolute atomic E-state index is 13.2. The molecular weight excluding hydrogens is 349 g/mol. The van der Waals surface area contributed by atoms with Crippen LogP contribution < -0.4 is 5.32 Å². The second kappa shape index (κ2) is 8.03. The highest BCUT2D eigenvalue weighted by atomic mass is 19.1. The number of benzene rings is 2. The van der Waals surface area contributed by atoms with Crippen molar-refractivity contribution in [3.63, 3.8) is 0 Å². The van der Waals surface area contributed by atoms with Crippen molar-refractivity contribution in [3.8, 4) is 0 Å². The van der Waals surface area contributed by atoms with Gasteiger partial charge in [-0.25, -0.2) is 4.39 Å². The van der Waals surface area contributed by atoms with E-state index in [-0.39, 0.29) is 6.42 Å². The summed E-state index contributed by atoms with van der Waals surface area (Å²) >= 11 is 0. The average molecular weight is 369 g/mol. The molecule has 0 aliphatic heterocycles. The van der Waals surface area contributed by atoms with Gasteiger partial charge in [0.25, 0.3) is 5.91 Å². The molecule has 0 saturated heterocycles. The minimum Gasteiger partial charge on any atom is -0.464 e. The van der Waals surface area contributed by atoms with Crippen LogP contribution in [0.3, 0.4) is 0 Å². The molecule has 140 valence electrons.